The summed E-state index contributed by atoms with van der Waals surface area (Å²) in [5.74, 6) is 0.126. The Labute approximate surface area is 142 Å². The van der Waals surface area contributed by atoms with Crippen LogP contribution in [0.15, 0.2) is 42.5 Å². The van der Waals surface area contributed by atoms with Crippen molar-refractivity contribution in [3.8, 4) is 0 Å². The third-order valence-electron chi connectivity index (χ3n) is 4.42. The molecular weight excluding hydrogens is 302 g/mol. The van der Waals surface area contributed by atoms with Crippen LogP contribution in [0.5, 0.6) is 0 Å². The van der Waals surface area contributed by atoms with Crippen molar-refractivity contribution in [3.63, 3.8) is 0 Å². The highest BCUT2D eigenvalue weighted by molar-refractivity contribution is 5.85. The van der Waals surface area contributed by atoms with Gasteiger partial charge in [0.15, 0.2) is 0 Å². The molecule has 1 aliphatic heterocycles. The SMILES string of the molecule is CCNC(=O)N1CCN(C(=O)Cc2ccc3ccccc3c2)CC1. The molecule has 1 saturated heterocycles. The molecule has 1 aliphatic rings. The Hall–Kier alpha value is -2.56. The number of piperazine rings is 1. The molecule has 0 atom stereocenters. The normalized spacial score (nSPS) is 14.7. The number of carbonyl (C=O) groups is 2. The molecule has 126 valence electrons. The summed E-state index contributed by atoms with van der Waals surface area (Å²) in [5.41, 5.74) is 1.03. The lowest BCUT2D eigenvalue weighted by Crippen LogP contribution is -2.53. The van der Waals surface area contributed by atoms with E-state index in [4.69, 9.17) is 0 Å². The van der Waals surface area contributed by atoms with E-state index in [-0.39, 0.29) is 11.9 Å². The van der Waals surface area contributed by atoms with Crippen LogP contribution in [-0.2, 0) is 11.2 Å². The number of rotatable bonds is 3. The number of nitrogens with zero attached hydrogens (tertiary/aromatic N) is 2. The number of hydrogen-bond donors (Lipinski definition) is 1. The Balaban J connectivity index is 1.58. The van der Waals surface area contributed by atoms with E-state index in [1.807, 2.05) is 30.0 Å². The fourth-order valence-corrected chi connectivity index (χ4v) is 3.06. The summed E-state index contributed by atoms with van der Waals surface area (Å²) in [6.45, 7) is 4.92. The van der Waals surface area contributed by atoms with Gasteiger partial charge in [0, 0.05) is 32.7 Å². The van der Waals surface area contributed by atoms with Crippen molar-refractivity contribution in [2.45, 2.75) is 13.3 Å². The Kier molecular flexibility index (Phi) is 4.99. The first-order chi connectivity index (χ1) is 11.7. The molecule has 1 N–H and O–H groups in total. The molecule has 0 aliphatic carbocycles. The molecule has 0 aromatic heterocycles. The largest absolute Gasteiger partial charge is 0.339 e. The molecule has 5 heteroatoms. The predicted octanol–water partition coefficient (Wildman–Crippen LogP) is 2.26. The molecule has 5 nitrogen and oxygen atoms in total. The zero-order valence-electron chi connectivity index (χ0n) is 14.0. The van der Waals surface area contributed by atoms with Crippen molar-refractivity contribution < 1.29 is 9.59 Å². The molecule has 2 aromatic rings. The van der Waals surface area contributed by atoms with Gasteiger partial charge >= 0.3 is 6.03 Å². The molecule has 0 unspecified atom stereocenters. The van der Waals surface area contributed by atoms with E-state index in [2.05, 4.69) is 29.6 Å². The quantitative estimate of drug-likeness (QED) is 0.941. The Morgan fingerprint density at radius 3 is 2.33 bits per heavy atom. The predicted molar refractivity (Wildman–Crippen MR) is 94.9 cm³/mol. The average Bonchev–Trinajstić information content (AvgIpc) is 2.62. The van der Waals surface area contributed by atoms with Crippen LogP contribution in [0.2, 0.25) is 0 Å². The number of nitrogens with one attached hydrogen (secondary N) is 1. The van der Waals surface area contributed by atoms with E-state index >= 15 is 0 Å². The molecule has 3 amide bonds. The molecule has 1 fully saturated rings. The standard InChI is InChI=1S/C19H23N3O2/c1-2-20-19(24)22-11-9-21(10-12-22)18(23)14-15-7-8-16-5-3-4-6-17(16)13-15/h3-8,13H,2,9-12,14H2,1H3,(H,20,24). The van der Waals surface area contributed by atoms with Crippen molar-refractivity contribution in [3.05, 3.63) is 48.0 Å². The lowest BCUT2D eigenvalue weighted by atomic mass is 10.0. The van der Waals surface area contributed by atoms with Crippen LogP contribution in [0.1, 0.15) is 12.5 Å². The third kappa shape index (κ3) is 3.67. The number of carbonyl (C=O) groups excluding carboxylic acids is 2. The van der Waals surface area contributed by atoms with Crippen molar-refractivity contribution in [2.24, 2.45) is 0 Å². The summed E-state index contributed by atoms with van der Waals surface area (Å²) in [6.07, 6.45) is 0.409. The lowest BCUT2D eigenvalue weighted by molar-refractivity contribution is -0.131. The zero-order valence-corrected chi connectivity index (χ0v) is 14.0. The first-order valence-corrected chi connectivity index (χ1v) is 8.45. The van der Waals surface area contributed by atoms with Crippen molar-refractivity contribution in [2.75, 3.05) is 32.7 Å². The van der Waals surface area contributed by atoms with Crippen LogP contribution in [0.3, 0.4) is 0 Å². The summed E-state index contributed by atoms with van der Waals surface area (Å²) >= 11 is 0. The molecule has 0 bridgehead atoms. The maximum absolute atomic E-state index is 12.5. The van der Waals surface area contributed by atoms with E-state index in [9.17, 15) is 9.59 Å². The minimum atomic E-state index is -0.0425. The van der Waals surface area contributed by atoms with Gasteiger partial charge in [-0.25, -0.2) is 4.79 Å². The summed E-state index contributed by atoms with van der Waals surface area (Å²) < 4.78 is 0. The zero-order chi connectivity index (χ0) is 16.9. The second kappa shape index (κ2) is 7.34. The van der Waals surface area contributed by atoms with Crippen LogP contribution < -0.4 is 5.32 Å². The maximum atomic E-state index is 12.5. The van der Waals surface area contributed by atoms with Gasteiger partial charge in [0.05, 0.1) is 6.42 Å². The van der Waals surface area contributed by atoms with Crippen molar-refractivity contribution >= 4 is 22.7 Å². The molecule has 0 saturated carbocycles. The monoisotopic (exact) mass is 325 g/mol. The first-order valence-electron chi connectivity index (χ1n) is 8.45. The minimum Gasteiger partial charge on any atom is -0.339 e. The number of amides is 3. The highest BCUT2D eigenvalue weighted by Gasteiger charge is 2.23. The third-order valence-corrected chi connectivity index (χ3v) is 4.42. The van der Waals surface area contributed by atoms with Gasteiger partial charge in [-0.15, -0.1) is 0 Å². The average molecular weight is 325 g/mol. The molecule has 1 heterocycles. The molecule has 3 rings (SSSR count). The van der Waals surface area contributed by atoms with Gasteiger partial charge in [0.1, 0.15) is 0 Å². The minimum absolute atomic E-state index is 0.0425. The van der Waals surface area contributed by atoms with Crippen LogP contribution >= 0.6 is 0 Å². The van der Waals surface area contributed by atoms with Gasteiger partial charge in [-0.2, -0.15) is 0 Å². The molecule has 24 heavy (non-hydrogen) atoms. The number of hydrogen-bond acceptors (Lipinski definition) is 2. The van der Waals surface area contributed by atoms with Crippen molar-refractivity contribution in [1.29, 1.82) is 0 Å². The van der Waals surface area contributed by atoms with E-state index in [0.717, 1.165) is 10.9 Å². The maximum Gasteiger partial charge on any atom is 0.317 e. The highest BCUT2D eigenvalue weighted by Crippen LogP contribution is 2.16. The van der Waals surface area contributed by atoms with Gasteiger partial charge in [0.25, 0.3) is 0 Å². The second-order valence-electron chi connectivity index (χ2n) is 6.06. The molecular formula is C19H23N3O2. The van der Waals surface area contributed by atoms with Crippen LogP contribution in [0, 0.1) is 0 Å². The van der Waals surface area contributed by atoms with Gasteiger partial charge in [-0.3, -0.25) is 4.79 Å². The Morgan fingerprint density at radius 2 is 1.62 bits per heavy atom. The summed E-state index contributed by atoms with van der Waals surface area (Å²) in [4.78, 5) is 27.9. The number of benzene rings is 2. The second-order valence-corrected chi connectivity index (χ2v) is 6.06. The number of urea groups is 1. The van der Waals surface area contributed by atoms with Gasteiger partial charge in [-0.05, 0) is 23.3 Å². The van der Waals surface area contributed by atoms with Gasteiger partial charge in [0.2, 0.25) is 5.91 Å². The summed E-state index contributed by atoms with van der Waals surface area (Å²) in [6, 6.07) is 14.3. The first kappa shape index (κ1) is 16.3. The summed E-state index contributed by atoms with van der Waals surface area (Å²) in [5, 5.41) is 5.14. The van der Waals surface area contributed by atoms with Gasteiger partial charge < -0.3 is 15.1 Å². The molecule has 0 spiro atoms. The molecule has 0 radical (unpaired) electrons. The van der Waals surface area contributed by atoms with Crippen LogP contribution in [0.4, 0.5) is 4.79 Å². The van der Waals surface area contributed by atoms with E-state index < -0.39 is 0 Å². The van der Waals surface area contributed by atoms with E-state index in [1.165, 1.54) is 5.39 Å². The molecule has 2 aromatic carbocycles. The lowest BCUT2D eigenvalue weighted by Gasteiger charge is -2.34. The van der Waals surface area contributed by atoms with E-state index in [1.54, 1.807) is 4.90 Å². The fourth-order valence-electron chi connectivity index (χ4n) is 3.06. The Morgan fingerprint density at radius 1 is 0.958 bits per heavy atom. The van der Waals surface area contributed by atoms with Gasteiger partial charge in [-0.1, -0.05) is 42.5 Å². The fraction of sp³-hybridized carbons (Fsp3) is 0.368. The van der Waals surface area contributed by atoms with Crippen LogP contribution in [0.25, 0.3) is 10.8 Å². The van der Waals surface area contributed by atoms with Crippen molar-refractivity contribution in [1.82, 2.24) is 15.1 Å². The number of fused-ring (bicyclic) bond motifs is 1. The topological polar surface area (TPSA) is 52.7 Å². The summed E-state index contributed by atoms with van der Waals surface area (Å²) in [7, 11) is 0. The van der Waals surface area contributed by atoms with E-state index in [0.29, 0.717) is 39.1 Å². The van der Waals surface area contributed by atoms with Crippen LogP contribution in [-0.4, -0.2) is 54.5 Å². The smallest absolute Gasteiger partial charge is 0.317 e. The highest BCUT2D eigenvalue weighted by atomic mass is 16.2. The Bertz CT molecular complexity index is 736.